The Morgan fingerprint density at radius 2 is 2.24 bits per heavy atom. The van der Waals surface area contributed by atoms with Gasteiger partial charge < -0.3 is 9.84 Å². The molecular formula is C15H16O4S2. The second kappa shape index (κ2) is 6.25. The molecule has 21 heavy (non-hydrogen) atoms. The molecule has 1 saturated heterocycles. The Hall–Kier alpha value is -1.24. The lowest BCUT2D eigenvalue weighted by Crippen LogP contribution is -2.17. The van der Waals surface area contributed by atoms with E-state index in [2.05, 4.69) is 0 Å². The van der Waals surface area contributed by atoms with Crippen molar-refractivity contribution in [3.05, 3.63) is 34.7 Å². The smallest absolute Gasteiger partial charge is 0.346 e. The summed E-state index contributed by atoms with van der Waals surface area (Å²) in [6.45, 7) is 0.740. The van der Waals surface area contributed by atoms with Gasteiger partial charge in [0, 0.05) is 22.1 Å². The number of rotatable bonds is 5. The summed E-state index contributed by atoms with van der Waals surface area (Å²) < 4.78 is 18.8. The molecule has 1 aromatic carbocycles. The first-order valence-corrected chi connectivity index (χ1v) is 9.16. The summed E-state index contributed by atoms with van der Waals surface area (Å²) in [5.41, 5.74) is 0.694. The molecule has 2 heterocycles. The van der Waals surface area contributed by atoms with Crippen molar-refractivity contribution >= 4 is 38.2 Å². The second-order valence-corrected chi connectivity index (χ2v) is 7.65. The molecule has 1 aliphatic heterocycles. The monoisotopic (exact) mass is 324 g/mol. The molecule has 6 heteroatoms. The van der Waals surface area contributed by atoms with E-state index in [1.165, 1.54) is 11.3 Å². The van der Waals surface area contributed by atoms with Gasteiger partial charge >= 0.3 is 5.97 Å². The van der Waals surface area contributed by atoms with E-state index in [-0.39, 0.29) is 11.9 Å². The van der Waals surface area contributed by atoms with Gasteiger partial charge in [0.15, 0.2) is 0 Å². The largest absolute Gasteiger partial charge is 0.477 e. The zero-order chi connectivity index (χ0) is 14.8. The molecule has 0 saturated carbocycles. The Morgan fingerprint density at radius 3 is 2.95 bits per heavy atom. The molecule has 1 aliphatic rings. The summed E-state index contributed by atoms with van der Waals surface area (Å²) in [5.74, 6) is -0.172. The van der Waals surface area contributed by atoms with E-state index >= 15 is 0 Å². The zero-order valence-electron chi connectivity index (χ0n) is 11.4. The highest BCUT2D eigenvalue weighted by atomic mass is 32.2. The molecule has 0 aliphatic carbocycles. The third-order valence-electron chi connectivity index (χ3n) is 3.59. The average Bonchev–Trinajstić information content (AvgIpc) is 3.07. The Balaban J connectivity index is 1.86. The van der Waals surface area contributed by atoms with Crippen molar-refractivity contribution in [2.45, 2.75) is 24.7 Å². The van der Waals surface area contributed by atoms with Crippen LogP contribution in [0.5, 0.6) is 0 Å². The van der Waals surface area contributed by atoms with Gasteiger partial charge in [-0.25, -0.2) is 4.79 Å². The van der Waals surface area contributed by atoms with Crippen molar-refractivity contribution in [2.24, 2.45) is 0 Å². The van der Waals surface area contributed by atoms with Gasteiger partial charge in [-0.1, -0.05) is 18.2 Å². The van der Waals surface area contributed by atoms with Gasteiger partial charge in [-0.05, 0) is 29.9 Å². The first-order valence-electron chi connectivity index (χ1n) is 6.85. The van der Waals surface area contributed by atoms with Crippen LogP contribution in [0.25, 0.3) is 10.1 Å². The van der Waals surface area contributed by atoms with Crippen LogP contribution >= 0.6 is 11.3 Å². The van der Waals surface area contributed by atoms with Gasteiger partial charge in [0.2, 0.25) is 0 Å². The fourth-order valence-corrected chi connectivity index (χ4v) is 5.19. The minimum Gasteiger partial charge on any atom is -0.477 e. The molecule has 3 rings (SSSR count). The normalized spacial score (nSPS) is 19.9. The molecule has 112 valence electrons. The van der Waals surface area contributed by atoms with Gasteiger partial charge in [-0.3, -0.25) is 4.21 Å². The van der Waals surface area contributed by atoms with E-state index in [0.29, 0.717) is 16.2 Å². The maximum atomic E-state index is 12.3. The van der Waals surface area contributed by atoms with Gasteiger partial charge in [-0.2, -0.15) is 0 Å². The van der Waals surface area contributed by atoms with Gasteiger partial charge in [0.05, 0.1) is 17.6 Å². The Morgan fingerprint density at radius 1 is 1.43 bits per heavy atom. The number of thiophene rings is 1. The molecule has 0 spiro atoms. The van der Waals surface area contributed by atoms with Crippen molar-refractivity contribution in [2.75, 3.05) is 12.4 Å². The Kier molecular flexibility index (Phi) is 4.37. The van der Waals surface area contributed by atoms with Crippen molar-refractivity contribution < 1.29 is 18.8 Å². The minimum absolute atomic E-state index is 0.0593. The lowest BCUT2D eigenvalue weighted by Gasteiger charge is -2.09. The fraction of sp³-hybridized carbons (Fsp3) is 0.400. The zero-order valence-corrected chi connectivity index (χ0v) is 13.0. The maximum Gasteiger partial charge on any atom is 0.346 e. The standard InChI is InChI=1S/C15H16O4S2/c16-15(17)14-12(11-5-1-2-6-13(11)20-14)9-21(18)8-10-4-3-7-19-10/h1-2,5-6,10H,3-4,7-9H2,(H,16,17). The average molecular weight is 324 g/mol. The molecular weight excluding hydrogens is 308 g/mol. The number of carboxylic acids is 1. The summed E-state index contributed by atoms with van der Waals surface area (Å²) in [7, 11) is -1.10. The predicted octanol–water partition coefficient (Wildman–Crippen LogP) is 3.03. The van der Waals surface area contributed by atoms with Gasteiger partial charge in [0.1, 0.15) is 4.88 Å². The van der Waals surface area contributed by atoms with Crippen molar-refractivity contribution in [3.8, 4) is 0 Å². The molecule has 2 unspecified atom stereocenters. The molecule has 2 aromatic rings. The summed E-state index contributed by atoms with van der Waals surface area (Å²) in [6.07, 6.45) is 2.02. The SMILES string of the molecule is O=C(O)c1sc2ccccc2c1CS(=O)CC1CCCO1. The molecule has 2 atom stereocenters. The van der Waals surface area contributed by atoms with E-state index in [1.807, 2.05) is 24.3 Å². The van der Waals surface area contributed by atoms with Gasteiger partial charge in [0.25, 0.3) is 0 Å². The van der Waals surface area contributed by atoms with E-state index in [9.17, 15) is 14.1 Å². The highest BCUT2D eigenvalue weighted by Crippen LogP contribution is 2.32. The topological polar surface area (TPSA) is 63.6 Å². The fourth-order valence-electron chi connectivity index (χ4n) is 2.62. The summed E-state index contributed by atoms with van der Waals surface area (Å²) in [6, 6.07) is 7.57. The summed E-state index contributed by atoms with van der Waals surface area (Å²) in [5, 5.41) is 10.3. The number of aromatic carboxylic acids is 1. The van der Waals surface area contributed by atoms with E-state index in [0.717, 1.165) is 29.5 Å². The lowest BCUT2D eigenvalue weighted by atomic mass is 10.1. The van der Waals surface area contributed by atoms with Crippen LogP contribution in [0.1, 0.15) is 28.1 Å². The van der Waals surface area contributed by atoms with E-state index < -0.39 is 16.8 Å². The molecule has 0 radical (unpaired) electrons. The Labute approximate surface area is 129 Å². The first-order chi connectivity index (χ1) is 10.1. The molecule has 4 nitrogen and oxygen atoms in total. The number of benzene rings is 1. The number of ether oxygens (including phenoxy) is 1. The molecule has 1 N–H and O–H groups in total. The third-order valence-corrected chi connectivity index (χ3v) is 6.15. The van der Waals surface area contributed by atoms with Crippen LogP contribution in [0.2, 0.25) is 0 Å². The Bertz CT molecular complexity index is 686. The van der Waals surface area contributed by atoms with Gasteiger partial charge in [-0.15, -0.1) is 11.3 Å². The van der Waals surface area contributed by atoms with E-state index in [4.69, 9.17) is 4.74 Å². The van der Waals surface area contributed by atoms with E-state index in [1.54, 1.807) is 0 Å². The number of hydrogen-bond acceptors (Lipinski definition) is 4. The van der Waals surface area contributed by atoms with Crippen LogP contribution in [-0.2, 0) is 21.3 Å². The third kappa shape index (κ3) is 3.17. The summed E-state index contributed by atoms with van der Waals surface area (Å²) in [4.78, 5) is 11.7. The van der Waals surface area contributed by atoms with Crippen LogP contribution in [-0.4, -0.2) is 33.7 Å². The van der Waals surface area contributed by atoms with Crippen molar-refractivity contribution in [1.29, 1.82) is 0 Å². The number of fused-ring (bicyclic) bond motifs is 1. The van der Waals surface area contributed by atoms with Crippen LogP contribution in [0.3, 0.4) is 0 Å². The number of carbonyl (C=O) groups is 1. The number of hydrogen-bond donors (Lipinski definition) is 1. The predicted molar refractivity (Wildman–Crippen MR) is 84.5 cm³/mol. The number of carboxylic acid groups (broad SMARTS) is 1. The molecule has 0 bridgehead atoms. The minimum atomic E-state index is -1.10. The lowest BCUT2D eigenvalue weighted by molar-refractivity contribution is 0.0701. The van der Waals surface area contributed by atoms with Crippen molar-refractivity contribution in [1.82, 2.24) is 0 Å². The van der Waals surface area contributed by atoms with Crippen LogP contribution in [0, 0.1) is 0 Å². The molecule has 1 fully saturated rings. The first kappa shape index (κ1) is 14.7. The van der Waals surface area contributed by atoms with Crippen LogP contribution in [0.15, 0.2) is 24.3 Å². The maximum absolute atomic E-state index is 12.3. The second-order valence-electron chi connectivity index (χ2n) is 5.10. The van der Waals surface area contributed by atoms with Crippen LogP contribution < -0.4 is 0 Å². The quantitative estimate of drug-likeness (QED) is 0.918. The summed E-state index contributed by atoms with van der Waals surface area (Å²) >= 11 is 1.25. The van der Waals surface area contributed by atoms with Crippen molar-refractivity contribution in [3.63, 3.8) is 0 Å². The highest BCUT2D eigenvalue weighted by Gasteiger charge is 2.22. The molecule has 1 aromatic heterocycles. The van der Waals surface area contributed by atoms with Crippen LogP contribution in [0.4, 0.5) is 0 Å². The highest BCUT2D eigenvalue weighted by molar-refractivity contribution is 7.84. The molecule has 0 amide bonds.